The van der Waals surface area contributed by atoms with Crippen LogP contribution >= 0.6 is 0 Å². The molecule has 0 aliphatic carbocycles. The summed E-state index contributed by atoms with van der Waals surface area (Å²) in [4.78, 5) is 12.5. The van der Waals surface area contributed by atoms with Gasteiger partial charge in [-0.15, -0.1) is 0 Å². The monoisotopic (exact) mass is 150 g/mol. The number of hydrogen-bond donors (Lipinski definition) is 2. The van der Waals surface area contributed by atoms with Crippen molar-refractivity contribution in [1.82, 2.24) is 0 Å². The normalized spacial score (nSPS) is 11.7. The molecule has 3 N–H and O–H groups in total. The van der Waals surface area contributed by atoms with E-state index in [2.05, 4.69) is 10.0 Å². The lowest BCUT2D eigenvalue weighted by atomic mass is 11.2. The van der Waals surface area contributed by atoms with Gasteiger partial charge in [-0.25, -0.2) is 0 Å². The zero-order valence-corrected chi connectivity index (χ0v) is 5.27. The predicted molar refractivity (Wildman–Crippen MR) is 34.2 cm³/mol. The van der Waals surface area contributed by atoms with Crippen molar-refractivity contribution < 1.29 is 9.90 Å². The maximum absolute atomic E-state index is 10.0. The average molecular weight is 150 g/mol. The van der Waals surface area contributed by atoms with E-state index in [1.165, 1.54) is 0 Å². The third kappa shape index (κ3) is 3.71. The first-order chi connectivity index (χ1) is 4.68. The number of nitrogens with two attached hydrogens (primary N) is 1. The summed E-state index contributed by atoms with van der Waals surface area (Å²) < 4.78 is 0. The second-order valence-corrected chi connectivity index (χ2v) is 1.69. The van der Waals surface area contributed by atoms with Gasteiger partial charge in [0, 0.05) is 11.5 Å². The molecule has 0 fully saturated rings. The van der Waals surface area contributed by atoms with E-state index < -0.39 is 12.0 Å². The number of rotatable bonds is 4. The van der Waals surface area contributed by atoms with Crippen LogP contribution in [-0.4, -0.2) is 23.7 Å². The van der Waals surface area contributed by atoms with Gasteiger partial charge in [0.1, 0.15) is 6.04 Å². The third-order valence-electron chi connectivity index (χ3n) is 0.921. The number of azide groups is 1. The third-order valence-corrected chi connectivity index (χ3v) is 0.921. The first-order valence-electron chi connectivity index (χ1n) is 2.67. The summed E-state index contributed by atoms with van der Waals surface area (Å²) in [7, 11) is 0. The topological polar surface area (TPSA) is 112 Å². The fraction of sp³-hybridized carbons (Fsp3) is 0.750. The molecule has 1 atom stereocenters. The highest BCUT2D eigenvalue weighted by molar-refractivity contribution is 5.72. The van der Waals surface area contributed by atoms with Crippen molar-refractivity contribution in [3.8, 4) is 0 Å². The molecule has 0 bridgehead atoms. The molecule has 10 heavy (non-hydrogen) atoms. The first-order valence-corrected chi connectivity index (χ1v) is 2.67. The minimum atomic E-state index is -1.08. The van der Waals surface area contributed by atoms with E-state index in [9.17, 15) is 4.79 Å². The van der Waals surface area contributed by atoms with Crippen LogP contribution in [0.5, 0.6) is 0 Å². The standard InChI is InChI=1S/C4H8N4O2/c5-3(4(9)10)1-2-7-8-6/h3H,1-2,5H2,(H,9,10)/t3-/m0/s1/i1+1,2+1,3+1,4+1,5+1,7+1. The molecular weight excluding hydrogens is 142 g/mol. The van der Waals surface area contributed by atoms with Gasteiger partial charge in [-0.3, -0.25) is 4.79 Å². The van der Waals surface area contributed by atoms with Crippen LogP contribution in [0.2, 0.25) is 0 Å². The molecular formula is C4H8N4O2. The molecule has 6 heteroatoms. The molecule has 0 heterocycles. The van der Waals surface area contributed by atoms with E-state index in [1.54, 1.807) is 0 Å². The zero-order valence-electron chi connectivity index (χ0n) is 5.27. The molecule has 0 aromatic carbocycles. The highest BCUT2D eigenvalue weighted by atomic mass is 16.5. The summed E-state index contributed by atoms with van der Waals surface area (Å²) >= 11 is 0. The van der Waals surface area contributed by atoms with Gasteiger partial charge in [-0.1, -0.05) is 5.11 Å². The molecule has 0 saturated carbocycles. The quantitative estimate of drug-likeness (QED) is 0.195. The van der Waals surface area contributed by atoms with E-state index in [1.807, 2.05) is 0 Å². The maximum atomic E-state index is 10.0. The molecule has 6 nitrogen and oxygen atoms in total. The van der Waals surface area contributed by atoms with Crippen molar-refractivity contribution in [3.05, 3.63) is 10.4 Å². The number of hydrogen-bond acceptors (Lipinski definition) is 3. The Morgan fingerprint density at radius 1 is 1.90 bits per heavy atom. The van der Waals surface area contributed by atoms with Crippen LogP contribution in [-0.2, 0) is 4.79 Å². The summed E-state index contributed by atoms with van der Waals surface area (Å²) in [6.45, 7) is 0.129. The Labute approximate surface area is 57.3 Å². The van der Waals surface area contributed by atoms with Gasteiger partial charge in [-0.05, 0) is 12.0 Å². The Balaban J connectivity index is 3.48. The highest BCUT2D eigenvalue weighted by Gasteiger charge is 2.08. The summed E-state index contributed by atoms with van der Waals surface area (Å²) in [5.74, 6) is -1.08. The highest BCUT2D eigenvalue weighted by Crippen LogP contribution is 1.88. The lowest BCUT2D eigenvalue weighted by molar-refractivity contribution is -0.138. The van der Waals surface area contributed by atoms with Crippen LogP contribution in [0.25, 0.3) is 10.4 Å². The second kappa shape index (κ2) is 4.60. The molecule has 0 aromatic heterocycles. The van der Waals surface area contributed by atoms with E-state index in [4.69, 9.17) is 16.4 Å². The van der Waals surface area contributed by atoms with Crippen molar-refractivity contribution >= 4 is 5.97 Å². The largest absolute Gasteiger partial charge is 0.480 e. The fourth-order valence-electron chi connectivity index (χ4n) is 0.365. The summed E-state index contributed by atoms with van der Waals surface area (Å²) in [5.41, 5.74) is 12.9. The molecule has 0 aliphatic rings. The van der Waals surface area contributed by atoms with Gasteiger partial charge in [0.2, 0.25) is 0 Å². The Morgan fingerprint density at radius 3 is 2.90 bits per heavy atom. The van der Waals surface area contributed by atoms with Crippen molar-refractivity contribution in [2.24, 2.45) is 10.8 Å². The van der Waals surface area contributed by atoms with Crippen LogP contribution in [0.1, 0.15) is 6.42 Å². The van der Waals surface area contributed by atoms with Crippen molar-refractivity contribution in [2.75, 3.05) is 6.54 Å². The Bertz CT molecular complexity index is 163. The Kier molecular flexibility index (Phi) is 4.02. The Hall–Kier alpha value is -1.26. The molecule has 0 saturated heterocycles. The van der Waals surface area contributed by atoms with E-state index in [-0.39, 0.29) is 13.0 Å². The fourth-order valence-corrected chi connectivity index (χ4v) is 0.365. The van der Waals surface area contributed by atoms with E-state index in [0.29, 0.717) is 0 Å². The van der Waals surface area contributed by atoms with Gasteiger partial charge in [0.15, 0.2) is 0 Å². The van der Waals surface area contributed by atoms with Gasteiger partial charge >= 0.3 is 5.97 Å². The number of carbonyl (C=O) groups is 1. The van der Waals surface area contributed by atoms with Crippen LogP contribution in [0, 0.1) is 0 Å². The summed E-state index contributed by atoms with van der Waals surface area (Å²) in [6.07, 6.45) is 0.180. The summed E-state index contributed by atoms with van der Waals surface area (Å²) in [6, 6.07) is -0.925. The van der Waals surface area contributed by atoms with E-state index in [0.717, 1.165) is 0 Å². The maximum Gasteiger partial charge on any atom is 0.320 e. The molecule has 0 aromatic rings. The van der Waals surface area contributed by atoms with Gasteiger partial charge in [-0.2, -0.15) is 0 Å². The van der Waals surface area contributed by atoms with Crippen molar-refractivity contribution in [1.29, 1.82) is 0 Å². The molecule has 0 aliphatic heterocycles. The smallest absolute Gasteiger partial charge is 0.320 e. The van der Waals surface area contributed by atoms with Gasteiger partial charge in [0.05, 0.1) is 0 Å². The molecule has 0 rings (SSSR count). The van der Waals surface area contributed by atoms with Gasteiger partial charge < -0.3 is 10.8 Å². The second-order valence-electron chi connectivity index (χ2n) is 1.69. The minimum absolute atomic E-state index is 0.129. The molecule has 0 radical (unpaired) electrons. The van der Waals surface area contributed by atoms with Crippen molar-refractivity contribution in [3.63, 3.8) is 0 Å². The molecule has 0 spiro atoms. The number of nitrogens with zero attached hydrogens (tertiary/aromatic N) is 3. The van der Waals surface area contributed by atoms with Crippen LogP contribution in [0.3, 0.4) is 0 Å². The SMILES string of the molecule is [N-]=[N+]=[15N][13CH2][13CH2][13C@H]([15NH2])[13C](=O)O. The minimum Gasteiger partial charge on any atom is -0.480 e. The number of aliphatic carboxylic acids is 1. The zero-order chi connectivity index (χ0) is 7.98. The van der Waals surface area contributed by atoms with Crippen LogP contribution in [0.4, 0.5) is 0 Å². The summed E-state index contributed by atoms with van der Waals surface area (Å²) in [5, 5.41) is 11.4. The molecule has 0 amide bonds. The first kappa shape index (κ1) is 8.74. The van der Waals surface area contributed by atoms with E-state index >= 15 is 0 Å². The lowest BCUT2D eigenvalue weighted by Gasteiger charge is -2.00. The molecule has 0 unspecified atom stereocenters. The molecule has 56 valence electrons. The average Bonchev–Trinajstić information content (AvgIpc) is 1.88. The van der Waals surface area contributed by atoms with Crippen LogP contribution < -0.4 is 5.73 Å². The number of carboxylic acids is 1. The number of carboxylic acid groups (broad SMARTS) is 1. The van der Waals surface area contributed by atoms with Crippen LogP contribution in [0.15, 0.2) is 5.11 Å². The Morgan fingerprint density at radius 2 is 2.50 bits per heavy atom. The van der Waals surface area contributed by atoms with Gasteiger partial charge in [0.25, 0.3) is 0 Å². The lowest BCUT2D eigenvalue weighted by Crippen LogP contribution is -2.30. The van der Waals surface area contributed by atoms with Crippen molar-refractivity contribution in [2.45, 2.75) is 12.5 Å². The predicted octanol–water partition coefficient (Wildman–Crippen LogP) is 0.0987.